The second-order valence-corrected chi connectivity index (χ2v) is 5.44. The molecule has 20 heavy (non-hydrogen) atoms. The van der Waals surface area contributed by atoms with Gasteiger partial charge in [0.25, 0.3) is 0 Å². The molecule has 0 unspecified atom stereocenters. The molecule has 2 heterocycles. The van der Waals surface area contributed by atoms with Crippen molar-refractivity contribution in [2.24, 2.45) is 5.92 Å². The van der Waals surface area contributed by atoms with Gasteiger partial charge in [0.1, 0.15) is 11.9 Å². The number of nitrogens with zero attached hydrogens (tertiary/aromatic N) is 2. The minimum atomic E-state index is -0.292. The van der Waals surface area contributed by atoms with Crippen molar-refractivity contribution >= 4 is 5.82 Å². The van der Waals surface area contributed by atoms with Crippen LogP contribution in [-0.2, 0) is 9.47 Å². The molecule has 1 aliphatic heterocycles. The quantitative estimate of drug-likeness (QED) is 0.915. The summed E-state index contributed by atoms with van der Waals surface area (Å²) in [5, 5.41) is 12.3. The highest BCUT2D eigenvalue weighted by molar-refractivity contribution is 5.51. The number of ether oxygens (including phenoxy) is 2. The third kappa shape index (κ3) is 2.77. The van der Waals surface area contributed by atoms with Crippen LogP contribution in [0.3, 0.4) is 0 Å². The Morgan fingerprint density at radius 1 is 1.35 bits per heavy atom. The van der Waals surface area contributed by atoms with Gasteiger partial charge in [-0.15, -0.1) is 0 Å². The summed E-state index contributed by atoms with van der Waals surface area (Å²) in [6, 6.07) is 5.72. The molecule has 1 saturated carbocycles. The van der Waals surface area contributed by atoms with Crippen LogP contribution in [0, 0.1) is 17.2 Å². The maximum atomic E-state index is 9.03. The molecule has 0 amide bonds. The average molecular weight is 273 g/mol. The highest BCUT2D eigenvalue weighted by atomic mass is 16.7. The van der Waals surface area contributed by atoms with Gasteiger partial charge in [-0.1, -0.05) is 0 Å². The maximum Gasteiger partial charge on any atom is 0.168 e. The van der Waals surface area contributed by atoms with E-state index >= 15 is 0 Å². The molecule has 5 nitrogen and oxygen atoms in total. The molecule has 1 N–H and O–H groups in total. The molecular weight excluding hydrogens is 254 g/mol. The van der Waals surface area contributed by atoms with E-state index in [2.05, 4.69) is 16.4 Å². The summed E-state index contributed by atoms with van der Waals surface area (Å²) in [5.74, 6) is 0.977. The third-order valence-electron chi connectivity index (χ3n) is 4.17. The third-order valence-corrected chi connectivity index (χ3v) is 4.17. The first-order valence-electron chi connectivity index (χ1n) is 7.18. The first kappa shape index (κ1) is 13.3. The van der Waals surface area contributed by atoms with Gasteiger partial charge in [-0.3, -0.25) is 0 Å². The van der Waals surface area contributed by atoms with Crippen molar-refractivity contribution in [1.29, 1.82) is 5.26 Å². The van der Waals surface area contributed by atoms with Crippen molar-refractivity contribution in [3.8, 4) is 6.07 Å². The van der Waals surface area contributed by atoms with Crippen molar-refractivity contribution < 1.29 is 9.47 Å². The van der Waals surface area contributed by atoms with E-state index in [9.17, 15) is 0 Å². The predicted molar refractivity (Wildman–Crippen MR) is 74.0 cm³/mol. The zero-order valence-electron chi connectivity index (χ0n) is 11.5. The summed E-state index contributed by atoms with van der Waals surface area (Å²) in [6.45, 7) is 2.30. The van der Waals surface area contributed by atoms with Crippen molar-refractivity contribution in [2.75, 3.05) is 25.1 Å². The summed E-state index contributed by atoms with van der Waals surface area (Å²) >= 11 is 0. The Hall–Kier alpha value is -1.64. The molecule has 1 aliphatic carbocycles. The number of pyridine rings is 1. The van der Waals surface area contributed by atoms with Crippen molar-refractivity contribution in [1.82, 2.24) is 4.98 Å². The lowest BCUT2D eigenvalue weighted by atomic mass is 9.85. The highest BCUT2D eigenvalue weighted by Crippen LogP contribution is 2.38. The molecule has 1 aromatic rings. The number of aromatic nitrogens is 1. The molecular formula is C15H19N3O2. The number of anilines is 1. The van der Waals surface area contributed by atoms with Crippen LogP contribution < -0.4 is 5.32 Å². The summed E-state index contributed by atoms with van der Waals surface area (Å²) in [4.78, 5) is 4.22. The zero-order valence-corrected chi connectivity index (χ0v) is 11.5. The standard InChI is InChI=1S/C15H19N3O2/c16-10-13-2-1-7-17-14(13)18-11-12-3-5-15(6-4-12)19-8-9-20-15/h1-2,7,12H,3-6,8-9,11H2,(H,17,18). The van der Waals surface area contributed by atoms with Crippen LogP contribution in [0.5, 0.6) is 0 Å². The summed E-state index contributed by atoms with van der Waals surface area (Å²) < 4.78 is 11.5. The van der Waals surface area contributed by atoms with E-state index in [1.54, 1.807) is 18.3 Å². The van der Waals surface area contributed by atoms with Gasteiger partial charge < -0.3 is 14.8 Å². The van der Waals surface area contributed by atoms with Crippen molar-refractivity contribution in [3.05, 3.63) is 23.9 Å². The molecule has 1 saturated heterocycles. The number of nitriles is 1. The van der Waals surface area contributed by atoms with E-state index in [1.807, 2.05) is 0 Å². The first-order valence-corrected chi connectivity index (χ1v) is 7.18. The Morgan fingerprint density at radius 3 is 2.80 bits per heavy atom. The van der Waals surface area contributed by atoms with E-state index in [1.165, 1.54) is 0 Å². The molecule has 0 bridgehead atoms. The second kappa shape index (κ2) is 5.78. The van der Waals surface area contributed by atoms with Crippen LogP contribution in [0.25, 0.3) is 0 Å². The predicted octanol–water partition coefficient (Wildman–Crippen LogP) is 2.30. The summed E-state index contributed by atoms with van der Waals surface area (Å²) in [6.07, 6.45) is 5.81. The smallest absolute Gasteiger partial charge is 0.168 e. The fourth-order valence-electron chi connectivity index (χ4n) is 2.98. The maximum absolute atomic E-state index is 9.03. The van der Waals surface area contributed by atoms with Gasteiger partial charge in [0, 0.05) is 25.6 Å². The van der Waals surface area contributed by atoms with Crippen molar-refractivity contribution in [2.45, 2.75) is 31.5 Å². The average Bonchev–Trinajstić information content (AvgIpc) is 2.95. The zero-order chi connectivity index (χ0) is 13.8. The van der Waals surface area contributed by atoms with E-state index < -0.39 is 0 Å². The van der Waals surface area contributed by atoms with Crippen LogP contribution in [0.2, 0.25) is 0 Å². The van der Waals surface area contributed by atoms with Gasteiger partial charge in [0.15, 0.2) is 5.79 Å². The van der Waals surface area contributed by atoms with Gasteiger partial charge in [-0.25, -0.2) is 4.98 Å². The first-order chi connectivity index (χ1) is 9.81. The lowest BCUT2D eigenvalue weighted by Crippen LogP contribution is -2.36. The topological polar surface area (TPSA) is 67.2 Å². The molecule has 106 valence electrons. The van der Waals surface area contributed by atoms with E-state index in [0.717, 1.165) is 45.4 Å². The van der Waals surface area contributed by atoms with E-state index in [-0.39, 0.29) is 5.79 Å². The molecule has 2 aliphatic rings. The molecule has 1 aromatic heterocycles. The van der Waals surface area contributed by atoms with Gasteiger partial charge in [0.05, 0.1) is 18.8 Å². The Labute approximate surface area is 118 Å². The number of hydrogen-bond acceptors (Lipinski definition) is 5. The fraction of sp³-hybridized carbons (Fsp3) is 0.600. The highest BCUT2D eigenvalue weighted by Gasteiger charge is 2.40. The Kier molecular flexibility index (Phi) is 3.86. The van der Waals surface area contributed by atoms with E-state index in [4.69, 9.17) is 14.7 Å². The molecule has 1 spiro atoms. The van der Waals surface area contributed by atoms with Gasteiger partial charge in [-0.2, -0.15) is 5.26 Å². The Balaban J connectivity index is 1.52. The number of rotatable bonds is 3. The Morgan fingerprint density at radius 2 is 2.10 bits per heavy atom. The van der Waals surface area contributed by atoms with Crippen LogP contribution in [-0.4, -0.2) is 30.5 Å². The summed E-state index contributed by atoms with van der Waals surface area (Å²) in [5.41, 5.74) is 0.599. The van der Waals surface area contributed by atoms with E-state index in [0.29, 0.717) is 17.3 Å². The largest absolute Gasteiger partial charge is 0.369 e. The molecule has 0 atom stereocenters. The summed E-state index contributed by atoms with van der Waals surface area (Å²) in [7, 11) is 0. The monoisotopic (exact) mass is 273 g/mol. The van der Waals surface area contributed by atoms with Gasteiger partial charge >= 0.3 is 0 Å². The Bertz CT molecular complexity index is 496. The normalized spacial score (nSPS) is 21.8. The lowest BCUT2D eigenvalue weighted by Gasteiger charge is -2.35. The van der Waals surface area contributed by atoms with Crippen LogP contribution in [0.15, 0.2) is 18.3 Å². The van der Waals surface area contributed by atoms with Crippen LogP contribution in [0.1, 0.15) is 31.2 Å². The molecule has 3 rings (SSSR count). The molecule has 0 aromatic carbocycles. The number of hydrogen-bond donors (Lipinski definition) is 1. The van der Waals surface area contributed by atoms with Gasteiger partial charge in [-0.05, 0) is 30.9 Å². The minimum absolute atomic E-state index is 0.292. The van der Waals surface area contributed by atoms with Crippen LogP contribution >= 0.6 is 0 Å². The van der Waals surface area contributed by atoms with Crippen molar-refractivity contribution in [3.63, 3.8) is 0 Å². The molecule has 0 radical (unpaired) electrons. The van der Waals surface area contributed by atoms with Crippen LogP contribution in [0.4, 0.5) is 5.82 Å². The number of nitrogens with one attached hydrogen (secondary N) is 1. The fourth-order valence-corrected chi connectivity index (χ4v) is 2.98. The van der Waals surface area contributed by atoms with Gasteiger partial charge in [0.2, 0.25) is 0 Å². The molecule has 2 fully saturated rings. The lowest BCUT2D eigenvalue weighted by molar-refractivity contribution is -0.181. The SMILES string of the molecule is N#Cc1cccnc1NCC1CCC2(CC1)OCCO2. The molecule has 5 heteroatoms. The second-order valence-electron chi connectivity index (χ2n) is 5.44. The minimum Gasteiger partial charge on any atom is -0.369 e.